The van der Waals surface area contributed by atoms with Crippen LogP contribution in [0.25, 0.3) is 0 Å². The Morgan fingerprint density at radius 2 is 1.65 bits per heavy atom. The number of nitrogens with zero attached hydrogens (tertiary/aromatic N) is 1. The highest BCUT2D eigenvalue weighted by atomic mass is 16.3. The lowest BCUT2D eigenvalue weighted by atomic mass is 9.89. The average Bonchev–Trinajstić information content (AvgIpc) is 2.45. The minimum Gasteiger partial charge on any atom is -0.508 e. The quantitative estimate of drug-likeness (QED) is 0.792. The Labute approximate surface area is 121 Å². The summed E-state index contributed by atoms with van der Waals surface area (Å²) in [5.74, 6) is 0.248. The molecule has 1 unspecified atom stereocenters. The highest BCUT2D eigenvalue weighted by Gasteiger charge is 2.26. The van der Waals surface area contributed by atoms with E-state index in [1.54, 1.807) is 12.1 Å². The third-order valence-corrected chi connectivity index (χ3v) is 4.70. The van der Waals surface area contributed by atoms with Gasteiger partial charge in [0.2, 0.25) is 0 Å². The monoisotopic (exact) mass is 278 g/mol. The topological polar surface area (TPSA) is 55.7 Å². The number of hydrogen-bond acceptors (Lipinski definition) is 4. The zero-order chi connectivity index (χ0) is 14.7. The molecule has 0 aliphatic heterocycles. The smallest absolute Gasteiger partial charge is 0.119 e. The van der Waals surface area contributed by atoms with Crippen molar-refractivity contribution in [3.05, 3.63) is 23.8 Å². The van der Waals surface area contributed by atoms with E-state index in [9.17, 15) is 10.2 Å². The first-order valence-electron chi connectivity index (χ1n) is 7.43. The highest BCUT2D eigenvalue weighted by molar-refractivity contribution is 5.38. The van der Waals surface area contributed by atoms with Crippen LogP contribution in [0.2, 0.25) is 0 Å². The molecule has 1 aromatic carbocycles. The second-order valence-electron chi connectivity index (χ2n) is 5.92. The molecule has 0 heterocycles. The maximum Gasteiger partial charge on any atom is 0.119 e. The molecule has 4 heteroatoms. The summed E-state index contributed by atoms with van der Waals surface area (Å²) in [6.07, 6.45) is 4.81. The van der Waals surface area contributed by atoms with Crippen LogP contribution < -0.4 is 5.32 Å². The van der Waals surface area contributed by atoms with E-state index in [1.165, 1.54) is 31.7 Å². The molecule has 112 valence electrons. The lowest BCUT2D eigenvalue weighted by Gasteiger charge is -2.38. The molecule has 1 saturated carbocycles. The summed E-state index contributed by atoms with van der Waals surface area (Å²) in [6.45, 7) is 2.12. The van der Waals surface area contributed by atoms with Gasteiger partial charge in [0.15, 0.2) is 0 Å². The molecule has 4 nitrogen and oxygen atoms in total. The van der Waals surface area contributed by atoms with Gasteiger partial charge in [-0.15, -0.1) is 0 Å². The second kappa shape index (κ2) is 6.46. The van der Waals surface area contributed by atoms with Gasteiger partial charge in [-0.3, -0.25) is 4.90 Å². The Bertz CT molecular complexity index is 422. The van der Waals surface area contributed by atoms with E-state index in [0.717, 1.165) is 5.56 Å². The van der Waals surface area contributed by atoms with Crippen LogP contribution in [0.3, 0.4) is 0 Å². The first-order chi connectivity index (χ1) is 9.51. The Morgan fingerprint density at radius 3 is 2.15 bits per heavy atom. The standard InChI is InChI=1S/C16H26N2O2/c1-11(12-8-15(19)10-16(20)9-12)18(3)14-6-4-13(17-2)5-7-14/h8-11,13-14,17,19-20H,4-7H2,1-3H3. The van der Waals surface area contributed by atoms with E-state index in [2.05, 4.69) is 24.2 Å². The number of nitrogens with one attached hydrogen (secondary N) is 1. The first kappa shape index (κ1) is 15.1. The number of benzene rings is 1. The van der Waals surface area contributed by atoms with E-state index in [4.69, 9.17) is 0 Å². The Balaban J connectivity index is 2.03. The Morgan fingerprint density at radius 1 is 1.10 bits per heavy atom. The van der Waals surface area contributed by atoms with Crippen LogP contribution in [0.5, 0.6) is 11.5 Å². The normalized spacial score (nSPS) is 24.8. The Hall–Kier alpha value is -1.26. The molecule has 0 radical (unpaired) electrons. The van der Waals surface area contributed by atoms with Crippen molar-refractivity contribution >= 4 is 0 Å². The first-order valence-corrected chi connectivity index (χ1v) is 7.43. The predicted octanol–water partition coefficient (Wildman–Crippen LogP) is 2.62. The van der Waals surface area contributed by atoms with Crippen LogP contribution in [0.15, 0.2) is 18.2 Å². The van der Waals surface area contributed by atoms with Gasteiger partial charge in [0, 0.05) is 24.2 Å². The summed E-state index contributed by atoms with van der Waals surface area (Å²) in [5, 5.41) is 22.6. The number of hydrogen-bond donors (Lipinski definition) is 3. The van der Waals surface area contributed by atoms with Crippen LogP contribution >= 0.6 is 0 Å². The lowest BCUT2D eigenvalue weighted by Crippen LogP contribution is -2.40. The minimum absolute atomic E-state index is 0.124. The zero-order valence-electron chi connectivity index (χ0n) is 12.6. The van der Waals surface area contributed by atoms with Gasteiger partial charge in [-0.2, -0.15) is 0 Å². The minimum atomic E-state index is 0.124. The van der Waals surface area contributed by atoms with Crippen molar-refractivity contribution < 1.29 is 10.2 Å². The third-order valence-electron chi connectivity index (χ3n) is 4.70. The van der Waals surface area contributed by atoms with Crippen molar-refractivity contribution in [2.45, 2.75) is 50.7 Å². The van der Waals surface area contributed by atoms with Crippen molar-refractivity contribution in [1.29, 1.82) is 0 Å². The van der Waals surface area contributed by atoms with E-state index >= 15 is 0 Å². The second-order valence-corrected chi connectivity index (χ2v) is 5.92. The molecule has 20 heavy (non-hydrogen) atoms. The lowest BCUT2D eigenvalue weighted by molar-refractivity contribution is 0.136. The molecule has 0 saturated heterocycles. The summed E-state index contributed by atoms with van der Waals surface area (Å²) in [6, 6.07) is 6.25. The molecule has 0 aromatic heterocycles. The number of aromatic hydroxyl groups is 2. The molecule has 1 atom stereocenters. The molecule has 0 spiro atoms. The van der Waals surface area contributed by atoms with Crippen molar-refractivity contribution in [3.63, 3.8) is 0 Å². The number of rotatable bonds is 4. The molecule has 2 rings (SSSR count). The highest BCUT2D eigenvalue weighted by Crippen LogP contribution is 2.32. The van der Waals surface area contributed by atoms with E-state index in [0.29, 0.717) is 12.1 Å². The molecule has 0 bridgehead atoms. The number of phenols is 2. The largest absolute Gasteiger partial charge is 0.508 e. The van der Waals surface area contributed by atoms with E-state index in [-0.39, 0.29) is 17.5 Å². The zero-order valence-corrected chi connectivity index (χ0v) is 12.6. The molecular formula is C16H26N2O2. The molecule has 1 aliphatic rings. The molecular weight excluding hydrogens is 252 g/mol. The van der Waals surface area contributed by atoms with Gasteiger partial charge >= 0.3 is 0 Å². The maximum atomic E-state index is 9.61. The molecule has 0 amide bonds. The summed E-state index contributed by atoms with van der Waals surface area (Å²) < 4.78 is 0. The average molecular weight is 278 g/mol. The molecule has 1 aromatic rings. The van der Waals surface area contributed by atoms with E-state index < -0.39 is 0 Å². The third kappa shape index (κ3) is 3.44. The predicted molar refractivity (Wildman–Crippen MR) is 81.1 cm³/mol. The van der Waals surface area contributed by atoms with Gasteiger partial charge in [0.1, 0.15) is 11.5 Å². The molecule has 1 aliphatic carbocycles. The fourth-order valence-corrected chi connectivity index (χ4v) is 3.18. The van der Waals surface area contributed by atoms with Crippen LogP contribution in [0, 0.1) is 0 Å². The van der Waals surface area contributed by atoms with Gasteiger partial charge < -0.3 is 15.5 Å². The SMILES string of the molecule is CNC1CCC(N(C)C(C)c2cc(O)cc(O)c2)CC1. The van der Waals surface area contributed by atoms with Crippen LogP contribution in [-0.2, 0) is 0 Å². The maximum absolute atomic E-state index is 9.61. The molecule has 1 fully saturated rings. The van der Waals surface area contributed by atoms with Gasteiger partial charge in [-0.1, -0.05) is 0 Å². The van der Waals surface area contributed by atoms with Crippen molar-refractivity contribution in [2.24, 2.45) is 0 Å². The van der Waals surface area contributed by atoms with Crippen LogP contribution in [-0.4, -0.2) is 41.3 Å². The van der Waals surface area contributed by atoms with E-state index in [1.807, 2.05) is 7.05 Å². The van der Waals surface area contributed by atoms with Crippen molar-refractivity contribution in [1.82, 2.24) is 10.2 Å². The Kier molecular flexibility index (Phi) is 4.89. The van der Waals surface area contributed by atoms with Gasteiger partial charge in [0.25, 0.3) is 0 Å². The molecule has 3 N–H and O–H groups in total. The van der Waals surface area contributed by atoms with Gasteiger partial charge in [-0.25, -0.2) is 0 Å². The summed E-state index contributed by atoms with van der Waals surface area (Å²) >= 11 is 0. The summed E-state index contributed by atoms with van der Waals surface area (Å²) in [4.78, 5) is 2.36. The summed E-state index contributed by atoms with van der Waals surface area (Å²) in [5.41, 5.74) is 0.959. The van der Waals surface area contributed by atoms with Crippen LogP contribution in [0.4, 0.5) is 0 Å². The van der Waals surface area contributed by atoms with Crippen LogP contribution in [0.1, 0.15) is 44.2 Å². The summed E-state index contributed by atoms with van der Waals surface area (Å²) in [7, 11) is 4.17. The van der Waals surface area contributed by atoms with Crippen molar-refractivity contribution in [3.8, 4) is 11.5 Å². The van der Waals surface area contributed by atoms with Crippen molar-refractivity contribution in [2.75, 3.05) is 14.1 Å². The van der Waals surface area contributed by atoms with Gasteiger partial charge in [0.05, 0.1) is 0 Å². The fourth-order valence-electron chi connectivity index (χ4n) is 3.18. The fraction of sp³-hybridized carbons (Fsp3) is 0.625. The number of phenolic OH excluding ortho intramolecular Hbond substituents is 2. The van der Waals surface area contributed by atoms with Gasteiger partial charge in [-0.05, 0) is 64.4 Å².